The molecule has 0 aliphatic carbocycles. The number of anilines is 2. The van der Waals surface area contributed by atoms with E-state index in [-0.39, 0.29) is 0 Å². The van der Waals surface area contributed by atoms with Crippen molar-refractivity contribution < 1.29 is 0 Å². The summed E-state index contributed by atoms with van der Waals surface area (Å²) in [4.78, 5) is 4.74. The monoisotopic (exact) mass is 291 g/mol. The van der Waals surface area contributed by atoms with Gasteiger partial charge in [0.05, 0.1) is 11.3 Å². The lowest BCUT2D eigenvalue weighted by Gasteiger charge is -2.37. The lowest BCUT2D eigenvalue weighted by atomic mass is 10.1. The van der Waals surface area contributed by atoms with Crippen molar-refractivity contribution in [3.63, 3.8) is 0 Å². The van der Waals surface area contributed by atoms with Crippen LogP contribution in [0.1, 0.15) is 16.7 Å². The van der Waals surface area contributed by atoms with Gasteiger partial charge >= 0.3 is 0 Å². The predicted molar refractivity (Wildman–Crippen MR) is 91.5 cm³/mol. The largest absolute Gasteiger partial charge is 0.368 e. The van der Waals surface area contributed by atoms with E-state index in [1.54, 1.807) is 0 Å². The first-order chi connectivity index (χ1) is 10.7. The minimum absolute atomic E-state index is 0.773. The molecule has 2 aromatic carbocycles. The molecule has 0 unspecified atom stereocenters. The number of piperazine rings is 1. The number of hydrogen-bond donors (Lipinski definition) is 0. The third-order valence-electron chi connectivity index (χ3n) is 4.29. The second-order valence-electron chi connectivity index (χ2n) is 5.94. The Morgan fingerprint density at radius 1 is 0.818 bits per heavy atom. The summed E-state index contributed by atoms with van der Waals surface area (Å²) >= 11 is 0. The number of nitriles is 1. The molecule has 1 heterocycles. The SMILES string of the molecule is Cc1ccc(N2CCN(c3cc(C)ccc3C#N)CC2)cc1. The number of hydrogen-bond acceptors (Lipinski definition) is 3. The van der Waals surface area contributed by atoms with E-state index in [0.717, 1.165) is 37.4 Å². The molecule has 3 heteroatoms. The van der Waals surface area contributed by atoms with Crippen LogP contribution in [0.2, 0.25) is 0 Å². The summed E-state index contributed by atoms with van der Waals surface area (Å²) in [5.41, 5.74) is 5.63. The van der Waals surface area contributed by atoms with E-state index >= 15 is 0 Å². The molecule has 3 nitrogen and oxygen atoms in total. The van der Waals surface area contributed by atoms with Gasteiger partial charge in [-0.25, -0.2) is 0 Å². The van der Waals surface area contributed by atoms with Crippen LogP contribution in [0.15, 0.2) is 42.5 Å². The zero-order valence-electron chi connectivity index (χ0n) is 13.2. The van der Waals surface area contributed by atoms with Gasteiger partial charge in [0.25, 0.3) is 0 Å². The molecule has 2 aromatic rings. The maximum Gasteiger partial charge on any atom is 0.101 e. The van der Waals surface area contributed by atoms with Crippen LogP contribution in [-0.2, 0) is 0 Å². The maximum atomic E-state index is 9.31. The van der Waals surface area contributed by atoms with Crippen molar-refractivity contribution in [3.05, 3.63) is 59.2 Å². The highest BCUT2D eigenvalue weighted by Gasteiger charge is 2.19. The van der Waals surface area contributed by atoms with Gasteiger partial charge in [0.1, 0.15) is 6.07 Å². The summed E-state index contributed by atoms with van der Waals surface area (Å²) in [5, 5.41) is 9.31. The van der Waals surface area contributed by atoms with Crippen LogP contribution in [0.3, 0.4) is 0 Å². The quantitative estimate of drug-likeness (QED) is 0.848. The highest BCUT2D eigenvalue weighted by Crippen LogP contribution is 2.24. The average Bonchev–Trinajstić information content (AvgIpc) is 2.56. The van der Waals surface area contributed by atoms with E-state index in [1.807, 2.05) is 12.1 Å². The topological polar surface area (TPSA) is 30.3 Å². The number of benzene rings is 2. The normalized spacial score (nSPS) is 14.8. The minimum atomic E-state index is 0.773. The molecule has 1 aliphatic heterocycles. The van der Waals surface area contributed by atoms with Crippen molar-refractivity contribution in [3.8, 4) is 6.07 Å². The minimum Gasteiger partial charge on any atom is -0.368 e. The van der Waals surface area contributed by atoms with Crippen LogP contribution in [0.25, 0.3) is 0 Å². The second kappa shape index (κ2) is 6.11. The molecular formula is C19H21N3. The average molecular weight is 291 g/mol. The van der Waals surface area contributed by atoms with Gasteiger partial charge in [0.15, 0.2) is 0 Å². The number of nitrogens with zero attached hydrogens (tertiary/aromatic N) is 3. The summed E-state index contributed by atoms with van der Waals surface area (Å²) in [6.07, 6.45) is 0. The van der Waals surface area contributed by atoms with Crippen LogP contribution in [0.4, 0.5) is 11.4 Å². The highest BCUT2D eigenvalue weighted by molar-refractivity contribution is 5.62. The Hall–Kier alpha value is -2.47. The number of aryl methyl sites for hydroxylation is 2. The van der Waals surface area contributed by atoms with Crippen LogP contribution >= 0.6 is 0 Å². The molecule has 0 N–H and O–H groups in total. The third kappa shape index (κ3) is 2.92. The van der Waals surface area contributed by atoms with E-state index in [1.165, 1.54) is 16.8 Å². The first-order valence-corrected chi connectivity index (χ1v) is 7.75. The van der Waals surface area contributed by atoms with E-state index in [4.69, 9.17) is 0 Å². The van der Waals surface area contributed by atoms with E-state index in [0.29, 0.717) is 0 Å². The van der Waals surface area contributed by atoms with Crippen molar-refractivity contribution in [2.45, 2.75) is 13.8 Å². The Balaban J connectivity index is 1.73. The summed E-state index contributed by atoms with van der Waals surface area (Å²) in [6.45, 7) is 8.07. The smallest absolute Gasteiger partial charge is 0.101 e. The van der Waals surface area contributed by atoms with Crippen molar-refractivity contribution in [2.75, 3.05) is 36.0 Å². The molecule has 0 amide bonds. The predicted octanol–water partition coefficient (Wildman–Crippen LogP) is 3.50. The first-order valence-electron chi connectivity index (χ1n) is 7.75. The molecule has 0 radical (unpaired) electrons. The zero-order valence-corrected chi connectivity index (χ0v) is 13.2. The van der Waals surface area contributed by atoms with Gasteiger partial charge in [-0.2, -0.15) is 5.26 Å². The molecule has 3 rings (SSSR count). The van der Waals surface area contributed by atoms with Gasteiger partial charge in [0, 0.05) is 31.9 Å². The molecular weight excluding hydrogens is 270 g/mol. The fourth-order valence-corrected chi connectivity index (χ4v) is 2.96. The lowest BCUT2D eigenvalue weighted by Crippen LogP contribution is -2.46. The van der Waals surface area contributed by atoms with Crippen LogP contribution in [-0.4, -0.2) is 26.2 Å². The molecule has 0 aromatic heterocycles. The molecule has 1 saturated heterocycles. The molecule has 0 saturated carbocycles. The van der Waals surface area contributed by atoms with Gasteiger partial charge in [-0.3, -0.25) is 0 Å². The third-order valence-corrected chi connectivity index (χ3v) is 4.29. The molecule has 0 spiro atoms. The van der Waals surface area contributed by atoms with Crippen molar-refractivity contribution in [1.29, 1.82) is 5.26 Å². The zero-order chi connectivity index (χ0) is 15.5. The van der Waals surface area contributed by atoms with Crippen LogP contribution < -0.4 is 9.80 Å². The summed E-state index contributed by atoms with van der Waals surface area (Å²) in [7, 11) is 0. The van der Waals surface area contributed by atoms with E-state index < -0.39 is 0 Å². The van der Waals surface area contributed by atoms with Gasteiger partial charge in [0.2, 0.25) is 0 Å². The second-order valence-corrected chi connectivity index (χ2v) is 5.94. The Morgan fingerprint density at radius 3 is 2.05 bits per heavy atom. The number of rotatable bonds is 2. The fraction of sp³-hybridized carbons (Fsp3) is 0.316. The molecule has 22 heavy (non-hydrogen) atoms. The van der Waals surface area contributed by atoms with Crippen molar-refractivity contribution >= 4 is 11.4 Å². The first kappa shape index (κ1) is 14.5. The summed E-state index contributed by atoms with van der Waals surface area (Å²) < 4.78 is 0. The van der Waals surface area contributed by atoms with Crippen molar-refractivity contribution in [2.24, 2.45) is 0 Å². The fourth-order valence-electron chi connectivity index (χ4n) is 2.96. The van der Waals surface area contributed by atoms with Crippen LogP contribution in [0, 0.1) is 25.2 Å². The summed E-state index contributed by atoms with van der Waals surface area (Å²) in [6, 6.07) is 17.1. The van der Waals surface area contributed by atoms with Gasteiger partial charge in [-0.15, -0.1) is 0 Å². The van der Waals surface area contributed by atoms with E-state index in [2.05, 4.69) is 60.0 Å². The highest BCUT2D eigenvalue weighted by atomic mass is 15.3. The Bertz CT molecular complexity index is 690. The van der Waals surface area contributed by atoms with Gasteiger partial charge in [-0.1, -0.05) is 23.8 Å². The molecule has 0 atom stereocenters. The molecule has 112 valence electrons. The Labute approximate surface area is 132 Å². The maximum absolute atomic E-state index is 9.31. The summed E-state index contributed by atoms with van der Waals surface area (Å²) in [5.74, 6) is 0. The van der Waals surface area contributed by atoms with E-state index in [9.17, 15) is 5.26 Å². The van der Waals surface area contributed by atoms with Crippen molar-refractivity contribution in [1.82, 2.24) is 0 Å². The van der Waals surface area contributed by atoms with Crippen LogP contribution in [0.5, 0.6) is 0 Å². The molecule has 0 bridgehead atoms. The Kier molecular flexibility index (Phi) is 4.02. The Morgan fingerprint density at radius 2 is 1.41 bits per heavy atom. The van der Waals surface area contributed by atoms with Gasteiger partial charge < -0.3 is 9.80 Å². The molecule has 1 fully saturated rings. The van der Waals surface area contributed by atoms with Gasteiger partial charge in [-0.05, 0) is 43.7 Å². The standard InChI is InChI=1S/C19H21N3/c1-15-4-7-18(8-5-15)21-9-11-22(12-10-21)19-13-16(2)3-6-17(19)14-20/h3-8,13H,9-12H2,1-2H3. The lowest BCUT2D eigenvalue weighted by molar-refractivity contribution is 0.653. The molecule has 1 aliphatic rings.